The van der Waals surface area contributed by atoms with Gasteiger partial charge in [-0.05, 0) is 24.0 Å². The van der Waals surface area contributed by atoms with Crippen molar-refractivity contribution in [2.24, 2.45) is 5.92 Å². The summed E-state index contributed by atoms with van der Waals surface area (Å²) in [6, 6.07) is 1.33. The number of aromatic nitrogens is 1. The molecule has 0 bridgehead atoms. The zero-order valence-corrected chi connectivity index (χ0v) is 15.1. The average molecular weight is 354 g/mol. The molecule has 0 fully saturated rings. The lowest BCUT2D eigenvalue weighted by molar-refractivity contribution is 0.111. The molecule has 8 nitrogen and oxygen atoms in total. The summed E-state index contributed by atoms with van der Waals surface area (Å²) in [5, 5.41) is 11.5. The molecule has 0 saturated heterocycles. The van der Waals surface area contributed by atoms with Crippen LogP contribution in [0, 0.1) is 5.92 Å². The van der Waals surface area contributed by atoms with Crippen molar-refractivity contribution >= 4 is 12.4 Å². The lowest BCUT2D eigenvalue weighted by Crippen LogP contribution is -2.39. The Balaban J connectivity index is 3.06. The minimum atomic E-state index is -1.11. The van der Waals surface area contributed by atoms with Gasteiger partial charge in [0.05, 0.1) is 13.7 Å². The number of rotatable bonds is 11. The molecule has 0 aliphatic rings. The van der Waals surface area contributed by atoms with Crippen molar-refractivity contribution in [1.29, 1.82) is 0 Å². The van der Waals surface area contributed by atoms with Crippen molar-refractivity contribution in [2.45, 2.75) is 32.7 Å². The molecule has 0 spiro atoms. The zero-order valence-electron chi connectivity index (χ0n) is 15.1. The molecule has 0 aliphatic carbocycles. The average Bonchev–Trinajstić information content (AvgIpc) is 2.57. The summed E-state index contributed by atoms with van der Waals surface area (Å²) in [6.45, 7) is 4.78. The number of carbonyl (C=O) groups excluding carboxylic acids is 1. The van der Waals surface area contributed by atoms with Crippen LogP contribution in [0.3, 0.4) is 0 Å². The van der Waals surface area contributed by atoms with Gasteiger partial charge in [-0.2, -0.15) is 0 Å². The number of aldehydes is 1. The summed E-state index contributed by atoms with van der Waals surface area (Å²) in [7, 11) is 3.06. The molecule has 0 radical (unpaired) electrons. The number of pyridine rings is 1. The van der Waals surface area contributed by atoms with Gasteiger partial charge in [0.25, 0.3) is 5.88 Å². The van der Waals surface area contributed by atoms with Crippen molar-refractivity contribution in [3.8, 4) is 11.6 Å². The third-order valence-electron chi connectivity index (χ3n) is 3.68. The van der Waals surface area contributed by atoms with Crippen molar-refractivity contribution < 1.29 is 28.9 Å². The maximum atomic E-state index is 11.4. The standard InChI is InChI=1S/C17H26N2O6/c1-11(2)13(19-17(21)22)8-12-9-15(25-7-5-6-23-3)16(24-4)18-14(12)10-20/h9-11,13,19H,5-8H2,1-4H3,(H,21,22). The Kier molecular flexibility index (Phi) is 8.69. The van der Waals surface area contributed by atoms with Crippen LogP contribution in [0.25, 0.3) is 0 Å². The maximum Gasteiger partial charge on any atom is 0.404 e. The Hall–Kier alpha value is -2.35. The van der Waals surface area contributed by atoms with E-state index in [1.165, 1.54) is 7.11 Å². The highest BCUT2D eigenvalue weighted by atomic mass is 16.5. The summed E-state index contributed by atoms with van der Waals surface area (Å²) < 4.78 is 15.8. The van der Waals surface area contributed by atoms with Gasteiger partial charge in [-0.25, -0.2) is 9.78 Å². The van der Waals surface area contributed by atoms with E-state index < -0.39 is 6.09 Å². The van der Waals surface area contributed by atoms with Crippen LogP contribution in [-0.4, -0.2) is 55.9 Å². The number of methoxy groups -OCH3 is 2. The quantitative estimate of drug-likeness (QED) is 0.463. The minimum absolute atomic E-state index is 0.0452. The molecule has 1 aromatic rings. The van der Waals surface area contributed by atoms with E-state index in [1.54, 1.807) is 13.2 Å². The van der Waals surface area contributed by atoms with E-state index in [-0.39, 0.29) is 23.5 Å². The van der Waals surface area contributed by atoms with Crippen LogP contribution >= 0.6 is 0 Å². The molecule has 140 valence electrons. The summed E-state index contributed by atoms with van der Waals surface area (Å²) in [4.78, 5) is 26.5. The molecule has 1 rings (SSSR count). The van der Waals surface area contributed by atoms with E-state index in [2.05, 4.69) is 10.3 Å². The van der Waals surface area contributed by atoms with E-state index >= 15 is 0 Å². The number of hydrogen-bond acceptors (Lipinski definition) is 6. The predicted molar refractivity (Wildman–Crippen MR) is 91.7 cm³/mol. The van der Waals surface area contributed by atoms with Crippen LogP contribution in [0.5, 0.6) is 11.6 Å². The topological polar surface area (TPSA) is 107 Å². The monoisotopic (exact) mass is 354 g/mol. The first-order valence-corrected chi connectivity index (χ1v) is 8.07. The fourth-order valence-corrected chi connectivity index (χ4v) is 2.28. The molecule has 1 amide bonds. The van der Waals surface area contributed by atoms with Gasteiger partial charge in [0.1, 0.15) is 5.69 Å². The van der Waals surface area contributed by atoms with Crippen molar-refractivity contribution in [2.75, 3.05) is 27.4 Å². The highest BCUT2D eigenvalue weighted by Crippen LogP contribution is 2.28. The van der Waals surface area contributed by atoms with E-state index in [0.717, 1.165) is 0 Å². The number of nitrogens with zero attached hydrogens (tertiary/aromatic N) is 1. The SMILES string of the molecule is COCCCOc1cc(CC(NC(=O)O)C(C)C)c(C=O)nc1OC. The number of amides is 1. The maximum absolute atomic E-state index is 11.4. The molecule has 1 aromatic heterocycles. The summed E-state index contributed by atoms with van der Waals surface area (Å²) in [5.74, 6) is 0.677. The molecule has 8 heteroatoms. The molecule has 2 N–H and O–H groups in total. The first-order chi connectivity index (χ1) is 11.9. The van der Waals surface area contributed by atoms with Crippen molar-refractivity contribution in [3.63, 3.8) is 0 Å². The van der Waals surface area contributed by atoms with Gasteiger partial charge < -0.3 is 24.6 Å². The summed E-state index contributed by atoms with van der Waals surface area (Å²) >= 11 is 0. The van der Waals surface area contributed by atoms with Crippen LogP contribution in [0.2, 0.25) is 0 Å². The fraction of sp³-hybridized carbons (Fsp3) is 0.588. The van der Waals surface area contributed by atoms with Crippen LogP contribution in [-0.2, 0) is 11.2 Å². The molecule has 0 saturated carbocycles. The Labute approximate surface area is 147 Å². The third kappa shape index (κ3) is 6.58. The number of hydrogen-bond donors (Lipinski definition) is 2. The van der Waals surface area contributed by atoms with Crippen LogP contribution < -0.4 is 14.8 Å². The lowest BCUT2D eigenvalue weighted by atomic mass is 9.95. The van der Waals surface area contributed by atoms with Gasteiger partial charge >= 0.3 is 6.09 Å². The first kappa shape index (κ1) is 20.7. The Morgan fingerprint density at radius 1 is 1.36 bits per heavy atom. The second kappa shape index (κ2) is 10.5. The number of nitrogens with one attached hydrogen (secondary N) is 1. The largest absolute Gasteiger partial charge is 0.488 e. The summed E-state index contributed by atoms with van der Waals surface area (Å²) in [6.07, 6.45) is 0.539. The van der Waals surface area contributed by atoms with Gasteiger partial charge in [0.2, 0.25) is 0 Å². The van der Waals surface area contributed by atoms with Crippen LogP contribution in [0.15, 0.2) is 6.07 Å². The molecular weight excluding hydrogens is 328 g/mol. The predicted octanol–water partition coefficient (Wildman–Crippen LogP) is 2.15. The van der Waals surface area contributed by atoms with Gasteiger partial charge in [-0.3, -0.25) is 4.79 Å². The number of ether oxygens (including phenoxy) is 3. The molecule has 1 atom stereocenters. The van der Waals surface area contributed by atoms with E-state index in [0.29, 0.717) is 43.7 Å². The molecule has 1 heterocycles. The Bertz CT molecular complexity index is 577. The fourth-order valence-electron chi connectivity index (χ4n) is 2.28. The minimum Gasteiger partial charge on any atom is -0.488 e. The van der Waals surface area contributed by atoms with Crippen LogP contribution in [0.1, 0.15) is 36.3 Å². The highest BCUT2D eigenvalue weighted by molar-refractivity contribution is 5.75. The second-order valence-corrected chi connectivity index (χ2v) is 5.86. The first-order valence-electron chi connectivity index (χ1n) is 8.07. The van der Waals surface area contributed by atoms with Crippen LogP contribution in [0.4, 0.5) is 4.79 Å². The number of carboxylic acid groups (broad SMARTS) is 1. The molecule has 0 aliphatic heterocycles. The molecule has 1 unspecified atom stereocenters. The normalized spacial score (nSPS) is 11.9. The van der Waals surface area contributed by atoms with Crippen molar-refractivity contribution in [1.82, 2.24) is 10.3 Å². The van der Waals surface area contributed by atoms with E-state index in [1.807, 2.05) is 13.8 Å². The smallest absolute Gasteiger partial charge is 0.404 e. The van der Waals surface area contributed by atoms with E-state index in [4.69, 9.17) is 19.3 Å². The van der Waals surface area contributed by atoms with Crippen molar-refractivity contribution in [3.05, 3.63) is 17.3 Å². The Morgan fingerprint density at radius 2 is 2.08 bits per heavy atom. The third-order valence-corrected chi connectivity index (χ3v) is 3.68. The molecular formula is C17H26N2O6. The number of carbonyl (C=O) groups is 2. The van der Waals surface area contributed by atoms with Gasteiger partial charge in [-0.1, -0.05) is 13.8 Å². The van der Waals surface area contributed by atoms with Gasteiger partial charge in [0, 0.05) is 26.2 Å². The van der Waals surface area contributed by atoms with Gasteiger partial charge in [-0.15, -0.1) is 0 Å². The highest BCUT2D eigenvalue weighted by Gasteiger charge is 2.21. The summed E-state index contributed by atoms with van der Waals surface area (Å²) in [5.41, 5.74) is 0.809. The second-order valence-electron chi connectivity index (χ2n) is 5.86. The van der Waals surface area contributed by atoms with Gasteiger partial charge in [0.15, 0.2) is 12.0 Å². The Morgan fingerprint density at radius 3 is 2.60 bits per heavy atom. The molecule has 25 heavy (non-hydrogen) atoms. The zero-order chi connectivity index (χ0) is 18.8. The lowest BCUT2D eigenvalue weighted by Gasteiger charge is -2.22. The van der Waals surface area contributed by atoms with E-state index in [9.17, 15) is 9.59 Å². The molecule has 0 aromatic carbocycles.